The number of carbonyl (C=O) groups excluding carboxylic acids is 1. The molecule has 2 heterocycles. The van der Waals surface area contributed by atoms with E-state index >= 15 is 0 Å². The van der Waals surface area contributed by atoms with Crippen LogP contribution >= 0.6 is 0 Å². The van der Waals surface area contributed by atoms with Gasteiger partial charge in [-0.1, -0.05) is 0 Å². The van der Waals surface area contributed by atoms with Crippen LogP contribution in [0.2, 0.25) is 0 Å². The highest BCUT2D eigenvalue weighted by Gasteiger charge is 2.16. The minimum Gasteiger partial charge on any atom is -0.339 e. The van der Waals surface area contributed by atoms with Crippen LogP contribution in [0.4, 0.5) is 8.78 Å². The molecule has 6 nitrogen and oxygen atoms in total. The van der Waals surface area contributed by atoms with Crippen molar-refractivity contribution < 1.29 is 13.6 Å². The van der Waals surface area contributed by atoms with E-state index in [0.717, 1.165) is 0 Å². The number of aromatic nitrogens is 3. The predicted octanol–water partition coefficient (Wildman–Crippen LogP) is 3.89. The number of nitrogens with zero attached hydrogens (tertiary/aromatic N) is 4. The molecule has 8 heteroatoms. The van der Waals surface area contributed by atoms with Crippen molar-refractivity contribution in [3.63, 3.8) is 0 Å². The lowest BCUT2D eigenvalue weighted by Gasteiger charge is -2.11. The van der Waals surface area contributed by atoms with Crippen LogP contribution in [-0.4, -0.2) is 27.4 Å². The lowest BCUT2D eigenvalue weighted by molar-refractivity contribution is 0.0958. The van der Waals surface area contributed by atoms with E-state index < -0.39 is 11.7 Å². The molecule has 4 rings (SSSR count). The predicted molar refractivity (Wildman–Crippen MR) is 106 cm³/mol. The molecule has 2 aromatic heterocycles. The average Bonchev–Trinajstić information content (AvgIpc) is 2.77. The third-order valence-corrected chi connectivity index (χ3v) is 4.35. The highest BCUT2D eigenvalue weighted by Crippen LogP contribution is 2.31. The van der Waals surface area contributed by atoms with Crippen LogP contribution in [0.5, 0.6) is 0 Å². The Kier molecular flexibility index (Phi) is 5.09. The van der Waals surface area contributed by atoms with Gasteiger partial charge in [0.2, 0.25) is 0 Å². The zero-order valence-corrected chi connectivity index (χ0v) is 15.4. The van der Waals surface area contributed by atoms with Crippen molar-refractivity contribution in [2.75, 3.05) is 6.54 Å². The van der Waals surface area contributed by atoms with Crippen molar-refractivity contribution in [2.45, 2.75) is 0 Å². The molecule has 0 bridgehead atoms. The molecule has 1 amide bonds. The van der Waals surface area contributed by atoms with Gasteiger partial charge in [-0.25, -0.2) is 23.7 Å². The number of fused-ring (bicyclic) bond motifs is 1. The van der Waals surface area contributed by atoms with Crippen molar-refractivity contribution in [3.05, 3.63) is 78.0 Å². The highest BCUT2D eigenvalue weighted by molar-refractivity contribution is 5.97. The maximum atomic E-state index is 13.4. The smallest absolute Gasteiger partial charge is 0.253 e. The van der Waals surface area contributed by atoms with Crippen LogP contribution in [-0.2, 0) is 0 Å². The molecular weight excluding hydrogens is 388 g/mol. The van der Waals surface area contributed by atoms with Crippen molar-refractivity contribution >= 4 is 17.1 Å². The fourth-order valence-corrected chi connectivity index (χ4v) is 2.91. The van der Waals surface area contributed by atoms with Gasteiger partial charge < -0.3 is 5.32 Å². The number of nitrogens with one attached hydrogen (secondary N) is 1. The summed E-state index contributed by atoms with van der Waals surface area (Å²) in [6.45, 7) is -0.132. The Bertz CT molecular complexity index is 1280. The normalized spacial score (nSPS) is 10.6. The Morgan fingerprint density at radius 2 is 1.50 bits per heavy atom. The quantitative estimate of drug-likeness (QED) is 0.524. The van der Waals surface area contributed by atoms with Crippen LogP contribution in [0.3, 0.4) is 0 Å². The van der Waals surface area contributed by atoms with E-state index in [1.54, 1.807) is 24.3 Å². The summed E-state index contributed by atoms with van der Waals surface area (Å²) in [5.41, 5.74) is 2.97. The SMILES string of the molecule is N#CCNC(=O)c1cnc2nc(-c3ccc(F)cc3)c(-c3ccc(F)cc3)nc2c1. The van der Waals surface area contributed by atoms with Gasteiger partial charge in [-0.3, -0.25) is 4.79 Å². The fraction of sp³-hybridized carbons (Fsp3) is 0.0455. The molecule has 4 aromatic rings. The molecule has 1 N–H and O–H groups in total. The molecule has 0 aliphatic rings. The number of hydrogen-bond donors (Lipinski definition) is 1. The summed E-state index contributed by atoms with van der Waals surface area (Å²) in [4.78, 5) is 25.5. The minimum atomic E-state index is -0.460. The van der Waals surface area contributed by atoms with Gasteiger partial charge in [0.1, 0.15) is 23.7 Å². The van der Waals surface area contributed by atoms with Crippen molar-refractivity contribution in [2.24, 2.45) is 0 Å². The summed E-state index contributed by atoms with van der Waals surface area (Å²) in [5.74, 6) is -1.24. The van der Waals surface area contributed by atoms with E-state index in [4.69, 9.17) is 5.26 Å². The molecule has 0 saturated heterocycles. The lowest BCUT2D eigenvalue weighted by atomic mass is 10.0. The maximum absolute atomic E-state index is 13.4. The summed E-state index contributed by atoms with van der Waals surface area (Å²) < 4.78 is 26.8. The Labute approximate surface area is 169 Å². The number of halogens is 2. The fourth-order valence-electron chi connectivity index (χ4n) is 2.91. The van der Waals surface area contributed by atoms with Gasteiger partial charge in [-0.15, -0.1) is 0 Å². The standard InChI is InChI=1S/C22H13F2N5O/c23-16-5-1-13(2-6-16)19-20(14-3-7-17(24)8-4-14)29-21-18(28-19)11-15(12-27-21)22(30)26-10-9-25/h1-8,11-12H,10H2,(H,26,30). The average molecular weight is 401 g/mol. The van der Waals surface area contributed by atoms with Gasteiger partial charge in [0.05, 0.1) is 23.0 Å². The third-order valence-electron chi connectivity index (χ3n) is 4.35. The minimum absolute atomic E-state index is 0.132. The molecule has 0 fully saturated rings. The summed E-state index contributed by atoms with van der Waals surface area (Å²) >= 11 is 0. The summed E-state index contributed by atoms with van der Waals surface area (Å²) in [6, 6.07) is 14.9. The second-order valence-electron chi connectivity index (χ2n) is 6.34. The van der Waals surface area contributed by atoms with E-state index in [-0.39, 0.29) is 23.6 Å². The van der Waals surface area contributed by atoms with Crippen LogP contribution in [0.25, 0.3) is 33.7 Å². The molecule has 0 unspecified atom stereocenters. The Morgan fingerprint density at radius 1 is 0.933 bits per heavy atom. The number of benzene rings is 2. The molecule has 30 heavy (non-hydrogen) atoms. The first-order valence-corrected chi connectivity index (χ1v) is 8.90. The molecule has 0 saturated carbocycles. The summed E-state index contributed by atoms with van der Waals surface area (Å²) in [5, 5.41) is 11.1. The molecule has 0 aliphatic heterocycles. The van der Waals surface area contributed by atoms with Gasteiger partial charge in [0.25, 0.3) is 5.91 Å². The van der Waals surface area contributed by atoms with Crippen LogP contribution in [0.1, 0.15) is 10.4 Å². The number of rotatable bonds is 4. The number of nitriles is 1. The van der Waals surface area contributed by atoms with E-state index in [2.05, 4.69) is 20.3 Å². The maximum Gasteiger partial charge on any atom is 0.253 e. The zero-order chi connectivity index (χ0) is 21.1. The first kappa shape index (κ1) is 19.1. The number of hydrogen-bond acceptors (Lipinski definition) is 5. The van der Waals surface area contributed by atoms with Crippen molar-refractivity contribution in [1.82, 2.24) is 20.3 Å². The number of pyridine rings is 1. The summed E-state index contributed by atoms with van der Waals surface area (Å²) in [7, 11) is 0. The molecule has 146 valence electrons. The van der Waals surface area contributed by atoms with Gasteiger partial charge in [0, 0.05) is 17.3 Å². The zero-order valence-electron chi connectivity index (χ0n) is 15.4. The third kappa shape index (κ3) is 3.82. The number of amides is 1. The topological polar surface area (TPSA) is 91.6 Å². The van der Waals surface area contributed by atoms with Gasteiger partial charge >= 0.3 is 0 Å². The van der Waals surface area contributed by atoms with E-state index in [9.17, 15) is 13.6 Å². The number of carbonyl (C=O) groups is 1. The molecular formula is C22H13F2N5O. The monoisotopic (exact) mass is 401 g/mol. The van der Waals surface area contributed by atoms with Gasteiger partial charge in [0.15, 0.2) is 5.65 Å². The van der Waals surface area contributed by atoms with Crippen LogP contribution < -0.4 is 5.32 Å². The highest BCUT2D eigenvalue weighted by atomic mass is 19.1. The Balaban J connectivity index is 1.89. The first-order chi connectivity index (χ1) is 14.5. The molecule has 0 spiro atoms. The second kappa shape index (κ2) is 8.01. The molecule has 2 aromatic carbocycles. The Morgan fingerprint density at radius 3 is 2.07 bits per heavy atom. The second-order valence-corrected chi connectivity index (χ2v) is 6.34. The van der Waals surface area contributed by atoms with Crippen molar-refractivity contribution in [1.29, 1.82) is 5.26 Å². The largest absolute Gasteiger partial charge is 0.339 e. The Hall–Kier alpha value is -4.25. The van der Waals surface area contributed by atoms with Crippen LogP contribution in [0.15, 0.2) is 60.8 Å². The van der Waals surface area contributed by atoms with E-state index in [0.29, 0.717) is 28.0 Å². The van der Waals surface area contributed by atoms with Crippen molar-refractivity contribution in [3.8, 4) is 28.6 Å². The van der Waals surface area contributed by atoms with Crippen LogP contribution in [0, 0.1) is 23.0 Å². The first-order valence-electron chi connectivity index (χ1n) is 8.90. The summed E-state index contributed by atoms with van der Waals surface area (Å²) in [6.07, 6.45) is 1.34. The lowest BCUT2D eigenvalue weighted by Crippen LogP contribution is -2.23. The van der Waals surface area contributed by atoms with Gasteiger partial charge in [-0.05, 0) is 54.6 Å². The van der Waals surface area contributed by atoms with E-state index in [1.165, 1.54) is 36.5 Å². The van der Waals surface area contributed by atoms with E-state index in [1.807, 2.05) is 6.07 Å². The van der Waals surface area contributed by atoms with Gasteiger partial charge in [-0.2, -0.15) is 5.26 Å². The molecule has 0 aliphatic carbocycles. The molecule has 0 atom stereocenters. The molecule has 0 radical (unpaired) electrons.